The second-order valence-electron chi connectivity index (χ2n) is 7.25. The SMILES string of the molecule is Cc1ncn(CC2CCN(CCN3CCCC3)CC2)c(=O)c1C. The molecule has 2 aliphatic rings. The molecule has 1 aromatic heterocycles. The number of aromatic nitrogens is 2. The highest BCUT2D eigenvalue weighted by Crippen LogP contribution is 2.19. The van der Waals surface area contributed by atoms with Crippen molar-refractivity contribution in [1.82, 2.24) is 19.4 Å². The molecule has 5 nitrogen and oxygen atoms in total. The third-order valence-electron chi connectivity index (χ3n) is 5.61. The van der Waals surface area contributed by atoms with Crippen LogP contribution >= 0.6 is 0 Å². The van der Waals surface area contributed by atoms with E-state index in [9.17, 15) is 4.79 Å². The van der Waals surface area contributed by atoms with Crippen molar-refractivity contribution in [2.45, 2.75) is 46.1 Å². The van der Waals surface area contributed by atoms with Gasteiger partial charge in [-0.25, -0.2) is 4.98 Å². The minimum Gasteiger partial charge on any atom is -0.302 e. The molecule has 0 aliphatic carbocycles. The summed E-state index contributed by atoms with van der Waals surface area (Å²) in [5, 5.41) is 0. The molecule has 0 radical (unpaired) electrons. The zero-order chi connectivity index (χ0) is 16.2. The molecule has 23 heavy (non-hydrogen) atoms. The Morgan fingerprint density at radius 1 is 1.04 bits per heavy atom. The van der Waals surface area contributed by atoms with Gasteiger partial charge >= 0.3 is 0 Å². The Hall–Kier alpha value is -1.20. The summed E-state index contributed by atoms with van der Waals surface area (Å²) >= 11 is 0. The Bertz CT molecular complexity index is 569. The fraction of sp³-hybridized carbons (Fsp3) is 0.778. The topological polar surface area (TPSA) is 41.4 Å². The smallest absolute Gasteiger partial charge is 0.256 e. The molecule has 1 aromatic rings. The summed E-state index contributed by atoms with van der Waals surface area (Å²) in [5.41, 5.74) is 1.77. The summed E-state index contributed by atoms with van der Waals surface area (Å²) in [7, 11) is 0. The lowest BCUT2D eigenvalue weighted by Gasteiger charge is -2.33. The first kappa shape index (κ1) is 16.7. The average molecular weight is 318 g/mol. The van der Waals surface area contributed by atoms with E-state index in [4.69, 9.17) is 0 Å². The quantitative estimate of drug-likeness (QED) is 0.828. The molecule has 0 atom stereocenters. The van der Waals surface area contributed by atoms with E-state index in [2.05, 4.69) is 14.8 Å². The molecule has 0 unspecified atom stereocenters. The average Bonchev–Trinajstić information content (AvgIpc) is 3.08. The normalized spacial score (nSPS) is 21.1. The molecule has 0 saturated carbocycles. The minimum absolute atomic E-state index is 0.133. The van der Waals surface area contributed by atoms with Gasteiger partial charge in [-0.15, -0.1) is 0 Å². The van der Waals surface area contributed by atoms with Gasteiger partial charge in [0.05, 0.1) is 6.33 Å². The van der Waals surface area contributed by atoms with Crippen LogP contribution in [0.3, 0.4) is 0 Å². The maximum Gasteiger partial charge on any atom is 0.256 e. The van der Waals surface area contributed by atoms with Gasteiger partial charge < -0.3 is 9.80 Å². The zero-order valence-corrected chi connectivity index (χ0v) is 14.6. The zero-order valence-electron chi connectivity index (χ0n) is 14.6. The van der Waals surface area contributed by atoms with E-state index < -0.39 is 0 Å². The third kappa shape index (κ3) is 4.21. The van der Waals surface area contributed by atoms with Crippen LogP contribution in [-0.2, 0) is 6.54 Å². The highest BCUT2D eigenvalue weighted by atomic mass is 16.1. The molecule has 0 spiro atoms. The lowest BCUT2D eigenvalue weighted by Crippen LogP contribution is -2.40. The molecule has 0 bridgehead atoms. The van der Waals surface area contributed by atoms with E-state index >= 15 is 0 Å². The van der Waals surface area contributed by atoms with Gasteiger partial charge in [-0.05, 0) is 71.6 Å². The van der Waals surface area contributed by atoms with Crippen LogP contribution < -0.4 is 5.56 Å². The molecule has 0 amide bonds. The Morgan fingerprint density at radius 3 is 2.30 bits per heavy atom. The summed E-state index contributed by atoms with van der Waals surface area (Å²) in [6.45, 7) is 12.0. The predicted molar refractivity (Wildman–Crippen MR) is 92.8 cm³/mol. The second-order valence-corrected chi connectivity index (χ2v) is 7.25. The van der Waals surface area contributed by atoms with Crippen LogP contribution in [0.15, 0.2) is 11.1 Å². The van der Waals surface area contributed by atoms with Crippen LogP contribution in [0.5, 0.6) is 0 Å². The molecule has 3 heterocycles. The van der Waals surface area contributed by atoms with E-state index in [1.165, 1.54) is 65.0 Å². The molecule has 0 N–H and O–H groups in total. The maximum atomic E-state index is 12.3. The first-order chi connectivity index (χ1) is 11.1. The minimum atomic E-state index is 0.133. The van der Waals surface area contributed by atoms with Crippen LogP contribution in [0.2, 0.25) is 0 Å². The van der Waals surface area contributed by atoms with Crippen LogP contribution in [0.4, 0.5) is 0 Å². The van der Waals surface area contributed by atoms with Gasteiger partial charge in [-0.2, -0.15) is 0 Å². The molecule has 2 saturated heterocycles. The Morgan fingerprint density at radius 2 is 1.65 bits per heavy atom. The van der Waals surface area contributed by atoms with Gasteiger partial charge in [0.15, 0.2) is 0 Å². The Labute approximate surface area is 139 Å². The first-order valence-electron chi connectivity index (χ1n) is 9.11. The van der Waals surface area contributed by atoms with E-state index in [-0.39, 0.29) is 5.56 Å². The van der Waals surface area contributed by atoms with Gasteiger partial charge in [0.2, 0.25) is 0 Å². The van der Waals surface area contributed by atoms with Crippen molar-refractivity contribution in [3.8, 4) is 0 Å². The highest BCUT2D eigenvalue weighted by Gasteiger charge is 2.21. The van der Waals surface area contributed by atoms with Crippen molar-refractivity contribution in [3.63, 3.8) is 0 Å². The third-order valence-corrected chi connectivity index (χ3v) is 5.61. The van der Waals surface area contributed by atoms with Crippen LogP contribution in [0.1, 0.15) is 36.9 Å². The first-order valence-corrected chi connectivity index (χ1v) is 9.11. The molecular weight excluding hydrogens is 288 g/mol. The van der Waals surface area contributed by atoms with Crippen molar-refractivity contribution in [1.29, 1.82) is 0 Å². The van der Waals surface area contributed by atoms with Crippen molar-refractivity contribution < 1.29 is 0 Å². The van der Waals surface area contributed by atoms with E-state index in [1.54, 1.807) is 6.33 Å². The molecule has 0 aromatic carbocycles. The molecule has 2 fully saturated rings. The van der Waals surface area contributed by atoms with E-state index in [0.717, 1.165) is 17.8 Å². The lowest BCUT2D eigenvalue weighted by molar-refractivity contribution is 0.155. The van der Waals surface area contributed by atoms with Gasteiger partial charge in [-0.3, -0.25) is 9.36 Å². The maximum absolute atomic E-state index is 12.3. The number of hydrogen-bond acceptors (Lipinski definition) is 4. The van der Waals surface area contributed by atoms with E-state index in [0.29, 0.717) is 5.92 Å². The summed E-state index contributed by atoms with van der Waals surface area (Å²) < 4.78 is 1.81. The summed E-state index contributed by atoms with van der Waals surface area (Å²) in [6, 6.07) is 0. The number of piperidine rings is 1. The lowest BCUT2D eigenvalue weighted by atomic mass is 9.96. The van der Waals surface area contributed by atoms with Gasteiger partial charge in [0, 0.05) is 30.9 Å². The Balaban J connectivity index is 1.45. The second kappa shape index (κ2) is 7.58. The standard InChI is InChI=1S/C18H30N4O/c1-15-16(2)19-14-22(18(15)23)13-17-5-9-21(10-6-17)12-11-20-7-3-4-8-20/h14,17H,3-13H2,1-2H3. The van der Waals surface area contributed by atoms with Gasteiger partial charge in [-0.1, -0.05) is 0 Å². The molecule has 5 heteroatoms. The van der Waals surface area contributed by atoms with Crippen molar-refractivity contribution in [2.75, 3.05) is 39.3 Å². The van der Waals surface area contributed by atoms with Crippen molar-refractivity contribution in [2.24, 2.45) is 5.92 Å². The molecule has 3 rings (SSSR count). The molecule has 2 aliphatic heterocycles. The Kier molecular flexibility index (Phi) is 5.49. The van der Waals surface area contributed by atoms with Gasteiger partial charge in [0.25, 0.3) is 5.56 Å². The monoisotopic (exact) mass is 318 g/mol. The van der Waals surface area contributed by atoms with Gasteiger partial charge in [0.1, 0.15) is 0 Å². The van der Waals surface area contributed by atoms with Crippen molar-refractivity contribution >= 4 is 0 Å². The van der Waals surface area contributed by atoms with Crippen LogP contribution in [0.25, 0.3) is 0 Å². The van der Waals surface area contributed by atoms with Crippen molar-refractivity contribution in [3.05, 3.63) is 27.9 Å². The summed E-state index contributed by atoms with van der Waals surface area (Å²) in [5.74, 6) is 0.611. The summed E-state index contributed by atoms with van der Waals surface area (Å²) in [6.07, 6.45) is 6.87. The largest absolute Gasteiger partial charge is 0.302 e. The van der Waals surface area contributed by atoms with Crippen LogP contribution in [-0.4, -0.2) is 58.6 Å². The number of aryl methyl sites for hydroxylation is 1. The van der Waals surface area contributed by atoms with Crippen LogP contribution in [0, 0.1) is 19.8 Å². The highest BCUT2D eigenvalue weighted by molar-refractivity contribution is 5.12. The predicted octanol–water partition coefficient (Wildman–Crippen LogP) is 1.67. The number of likely N-dealkylation sites (tertiary alicyclic amines) is 2. The summed E-state index contributed by atoms with van der Waals surface area (Å²) in [4.78, 5) is 21.8. The number of hydrogen-bond donors (Lipinski definition) is 0. The fourth-order valence-electron chi connectivity index (χ4n) is 3.77. The van der Waals surface area contributed by atoms with E-state index in [1.807, 2.05) is 18.4 Å². The fourth-order valence-corrected chi connectivity index (χ4v) is 3.77. The number of nitrogens with zero attached hydrogens (tertiary/aromatic N) is 4. The number of rotatable bonds is 5. The molecular formula is C18H30N4O. The molecule has 128 valence electrons.